The minimum atomic E-state index is -0.717. The molecule has 1 heterocycles. The summed E-state index contributed by atoms with van der Waals surface area (Å²) in [6.07, 6.45) is 4.37. The summed E-state index contributed by atoms with van der Waals surface area (Å²) in [7, 11) is 1.75. The number of rotatable bonds is 5. The second-order valence-corrected chi connectivity index (χ2v) is 7.82. The number of hydrogen-bond acceptors (Lipinski definition) is 4. The molecule has 3 rings (SSSR count). The van der Waals surface area contributed by atoms with Crippen LogP contribution in [0.2, 0.25) is 0 Å². The van der Waals surface area contributed by atoms with E-state index in [9.17, 15) is 9.90 Å². The molecule has 0 aliphatic heterocycles. The molecule has 1 aliphatic rings. The molecule has 0 bridgehead atoms. The maximum Gasteiger partial charge on any atom is 0.273 e. The van der Waals surface area contributed by atoms with E-state index in [4.69, 9.17) is 0 Å². The molecule has 0 radical (unpaired) electrons. The van der Waals surface area contributed by atoms with E-state index in [0.717, 1.165) is 37.1 Å². The van der Waals surface area contributed by atoms with Crippen molar-refractivity contribution >= 4 is 17.2 Å². The van der Waals surface area contributed by atoms with Gasteiger partial charge in [-0.3, -0.25) is 4.79 Å². The molecular weight excluding hydrogens is 320 g/mol. The fourth-order valence-corrected chi connectivity index (χ4v) is 4.07. The van der Waals surface area contributed by atoms with Crippen molar-refractivity contribution in [2.24, 2.45) is 0 Å². The van der Waals surface area contributed by atoms with Crippen LogP contribution in [-0.4, -0.2) is 40.1 Å². The van der Waals surface area contributed by atoms with Crippen LogP contribution in [0.25, 0.3) is 0 Å². The minimum absolute atomic E-state index is 0.110. The SMILES string of the molecule is Cc1ccc(Cc2nc(C(=O)N(C)CC3(O)CCCC3)cs2)cc1. The topological polar surface area (TPSA) is 53.4 Å². The Morgan fingerprint density at radius 3 is 2.62 bits per heavy atom. The first-order valence-corrected chi connectivity index (χ1v) is 9.31. The van der Waals surface area contributed by atoms with E-state index in [1.165, 1.54) is 22.5 Å². The number of benzene rings is 1. The number of aryl methyl sites for hydroxylation is 1. The smallest absolute Gasteiger partial charge is 0.273 e. The van der Waals surface area contributed by atoms with E-state index in [1.54, 1.807) is 11.9 Å². The Morgan fingerprint density at radius 1 is 1.29 bits per heavy atom. The molecule has 1 aliphatic carbocycles. The van der Waals surface area contributed by atoms with Crippen LogP contribution in [0.3, 0.4) is 0 Å². The Kier molecular flexibility index (Phi) is 5.01. The van der Waals surface area contributed by atoms with E-state index in [2.05, 4.69) is 36.2 Å². The number of thiazole rings is 1. The van der Waals surface area contributed by atoms with Gasteiger partial charge in [-0.1, -0.05) is 42.7 Å². The van der Waals surface area contributed by atoms with Gasteiger partial charge in [-0.25, -0.2) is 4.98 Å². The number of hydrogen-bond donors (Lipinski definition) is 1. The van der Waals surface area contributed by atoms with Gasteiger partial charge in [0.2, 0.25) is 0 Å². The van der Waals surface area contributed by atoms with Crippen LogP contribution < -0.4 is 0 Å². The molecule has 1 fully saturated rings. The van der Waals surface area contributed by atoms with Crippen molar-refractivity contribution in [1.82, 2.24) is 9.88 Å². The van der Waals surface area contributed by atoms with E-state index < -0.39 is 5.60 Å². The molecule has 1 aromatic carbocycles. The number of nitrogens with zero attached hydrogens (tertiary/aromatic N) is 2. The molecule has 0 saturated heterocycles. The number of likely N-dealkylation sites (N-methyl/N-ethyl adjacent to an activating group) is 1. The maximum absolute atomic E-state index is 12.5. The average Bonchev–Trinajstić information content (AvgIpc) is 3.18. The van der Waals surface area contributed by atoms with Crippen molar-refractivity contribution in [1.29, 1.82) is 0 Å². The lowest BCUT2D eigenvalue weighted by Crippen LogP contribution is -2.42. The van der Waals surface area contributed by atoms with Crippen LogP contribution in [0.4, 0.5) is 0 Å². The fraction of sp³-hybridized carbons (Fsp3) is 0.474. The van der Waals surface area contributed by atoms with E-state index in [-0.39, 0.29) is 5.91 Å². The van der Waals surface area contributed by atoms with Gasteiger partial charge in [0, 0.05) is 25.4 Å². The summed E-state index contributed by atoms with van der Waals surface area (Å²) in [5.74, 6) is -0.110. The van der Waals surface area contributed by atoms with Crippen molar-refractivity contribution < 1.29 is 9.90 Å². The maximum atomic E-state index is 12.5. The Hall–Kier alpha value is -1.72. The zero-order valence-electron chi connectivity index (χ0n) is 14.3. The van der Waals surface area contributed by atoms with E-state index >= 15 is 0 Å². The lowest BCUT2D eigenvalue weighted by Gasteiger charge is -2.28. The average molecular weight is 344 g/mol. The molecule has 1 amide bonds. The van der Waals surface area contributed by atoms with Crippen molar-refractivity contribution in [2.75, 3.05) is 13.6 Å². The number of carbonyl (C=O) groups excluding carboxylic acids is 1. The quantitative estimate of drug-likeness (QED) is 0.904. The Morgan fingerprint density at radius 2 is 1.96 bits per heavy atom. The van der Waals surface area contributed by atoms with Crippen LogP contribution in [-0.2, 0) is 6.42 Å². The van der Waals surface area contributed by atoms with Crippen molar-refractivity contribution in [3.63, 3.8) is 0 Å². The zero-order valence-corrected chi connectivity index (χ0v) is 15.1. The van der Waals surface area contributed by atoms with E-state index in [1.807, 2.05) is 5.38 Å². The van der Waals surface area contributed by atoms with Crippen molar-refractivity contribution in [2.45, 2.75) is 44.6 Å². The van der Waals surface area contributed by atoms with Gasteiger partial charge in [-0.05, 0) is 25.3 Å². The summed E-state index contributed by atoms with van der Waals surface area (Å²) >= 11 is 1.52. The van der Waals surface area contributed by atoms with E-state index in [0.29, 0.717) is 12.2 Å². The van der Waals surface area contributed by atoms with Crippen LogP contribution in [0, 0.1) is 6.92 Å². The normalized spacial score (nSPS) is 16.3. The molecule has 24 heavy (non-hydrogen) atoms. The molecular formula is C19H24N2O2S. The summed E-state index contributed by atoms with van der Waals surface area (Å²) in [5.41, 5.74) is 2.19. The third-order valence-electron chi connectivity index (χ3n) is 4.66. The molecule has 5 heteroatoms. The van der Waals surface area contributed by atoms with Gasteiger partial charge in [0.05, 0.1) is 10.6 Å². The monoisotopic (exact) mass is 344 g/mol. The summed E-state index contributed by atoms with van der Waals surface area (Å²) < 4.78 is 0. The lowest BCUT2D eigenvalue weighted by molar-refractivity contribution is 0.0155. The zero-order chi connectivity index (χ0) is 17.2. The predicted octanol–water partition coefficient (Wildman–Crippen LogP) is 3.42. The van der Waals surface area contributed by atoms with Gasteiger partial charge in [0.25, 0.3) is 5.91 Å². The Balaban J connectivity index is 1.63. The summed E-state index contributed by atoms with van der Waals surface area (Å²) in [4.78, 5) is 18.6. The van der Waals surface area contributed by atoms with Crippen molar-refractivity contribution in [3.8, 4) is 0 Å². The van der Waals surface area contributed by atoms with Gasteiger partial charge in [-0.15, -0.1) is 11.3 Å². The van der Waals surface area contributed by atoms with Crippen LogP contribution in [0.15, 0.2) is 29.6 Å². The predicted molar refractivity (Wildman–Crippen MR) is 96.5 cm³/mol. The van der Waals surface area contributed by atoms with Gasteiger partial charge in [-0.2, -0.15) is 0 Å². The van der Waals surface area contributed by atoms with Gasteiger partial charge < -0.3 is 10.0 Å². The molecule has 128 valence electrons. The second kappa shape index (κ2) is 7.03. The molecule has 2 aromatic rings. The first-order valence-electron chi connectivity index (χ1n) is 8.43. The molecule has 1 aromatic heterocycles. The summed E-state index contributed by atoms with van der Waals surface area (Å²) in [5, 5.41) is 13.2. The Labute approximate surface area is 147 Å². The first kappa shape index (κ1) is 17.1. The third-order valence-corrected chi connectivity index (χ3v) is 5.51. The molecule has 1 saturated carbocycles. The highest BCUT2D eigenvalue weighted by Crippen LogP contribution is 2.30. The highest BCUT2D eigenvalue weighted by Gasteiger charge is 2.33. The highest BCUT2D eigenvalue weighted by molar-refractivity contribution is 7.09. The van der Waals surface area contributed by atoms with Gasteiger partial charge >= 0.3 is 0 Å². The van der Waals surface area contributed by atoms with Crippen molar-refractivity contribution in [3.05, 3.63) is 51.5 Å². The molecule has 1 N–H and O–H groups in total. The third kappa shape index (κ3) is 4.02. The highest BCUT2D eigenvalue weighted by atomic mass is 32.1. The van der Waals surface area contributed by atoms with Crippen LogP contribution in [0.5, 0.6) is 0 Å². The number of amides is 1. The summed E-state index contributed by atoms with van der Waals surface area (Å²) in [6.45, 7) is 2.45. The second-order valence-electron chi connectivity index (χ2n) is 6.88. The molecule has 0 unspecified atom stereocenters. The van der Waals surface area contributed by atoms with Gasteiger partial charge in [0.1, 0.15) is 5.69 Å². The number of aliphatic hydroxyl groups is 1. The standard InChI is InChI=1S/C19H24N2O2S/c1-14-5-7-15(8-6-14)11-17-20-16(12-24-17)18(22)21(2)13-19(23)9-3-4-10-19/h5-8,12,23H,3-4,9-11,13H2,1-2H3. The number of carbonyl (C=O) groups is 1. The van der Waals surface area contributed by atoms with Crippen LogP contribution >= 0.6 is 11.3 Å². The fourth-order valence-electron chi connectivity index (χ4n) is 3.27. The Bertz CT molecular complexity index is 702. The minimum Gasteiger partial charge on any atom is -0.388 e. The molecule has 4 nitrogen and oxygen atoms in total. The largest absolute Gasteiger partial charge is 0.388 e. The molecule has 0 spiro atoms. The van der Waals surface area contributed by atoms with Gasteiger partial charge in [0.15, 0.2) is 0 Å². The summed E-state index contributed by atoms with van der Waals surface area (Å²) in [6, 6.07) is 8.37. The number of aromatic nitrogens is 1. The van der Waals surface area contributed by atoms with Crippen LogP contribution in [0.1, 0.15) is 52.3 Å². The molecule has 0 atom stereocenters. The lowest BCUT2D eigenvalue weighted by atomic mass is 10.0. The first-order chi connectivity index (χ1) is 11.5.